The van der Waals surface area contributed by atoms with Crippen molar-refractivity contribution >= 4 is 58.0 Å². The topological polar surface area (TPSA) is 28.5 Å². The van der Waals surface area contributed by atoms with Crippen molar-refractivity contribution in [3.63, 3.8) is 0 Å². The molecular weight excluding hydrogens is 311 g/mol. The second-order valence-corrected chi connectivity index (χ2v) is 3.73. The quantitative estimate of drug-likeness (QED) is 0.329. The molecule has 1 nitrogen and oxygen atoms in total. The molecule has 0 aromatic heterocycles. The molecule has 1 rings (SSSR count). The Morgan fingerprint density at radius 3 is 1.21 bits per heavy atom. The van der Waals surface area contributed by atoms with Crippen molar-refractivity contribution in [2.75, 3.05) is 0 Å². The van der Waals surface area contributed by atoms with Crippen molar-refractivity contribution in [3.8, 4) is 0 Å². The molecule has 0 saturated carbocycles. The predicted octanol–water partition coefficient (Wildman–Crippen LogP) is -1.16. The molecule has 0 unspecified atom stereocenters. The van der Waals surface area contributed by atoms with E-state index in [0.717, 1.165) is 0 Å². The average Bonchev–Trinajstić information content (AvgIpc) is 1.97. The Kier molecular flexibility index (Phi) is 15.1. The van der Waals surface area contributed by atoms with Gasteiger partial charge in [0.2, 0.25) is 0 Å². The summed E-state index contributed by atoms with van der Waals surface area (Å²) in [4.78, 5) is 0. The van der Waals surface area contributed by atoms with Gasteiger partial charge >= 0.3 is 59.1 Å². The fourth-order valence-electron chi connectivity index (χ4n) is 0.544. The molecule has 0 bridgehead atoms. The first kappa shape index (κ1) is 21.9. The second kappa shape index (κ2) is 9.64. The van der Waals surface area contributed by atoms with Crippen molar-refractivity contribution in [2.24, 2.45) is 0 Å². The maximum Gasteiger partial charge on any atom is 1.00 e. The van der Waals surface area contributed by atoms with Gasteiger partial charge < -0.3 is 5.48 Å². The average molecular weight is 312 g/mol. The Morgan fingerprint density at radius 1 is 0.643 bits per heavy atom. The van der Waals surface area contributed by atoms with Gasteiger partial charge in [-0.25, -0.2) is 0 Å². The van der Waals surface area contributed by atoms with Gasteiger partial charge in [0.15, 0.2) is 0 Å². The molecule has 8 heteroatoms. The summed E-state index contributed by atoms with van der Waals surface area (Å²) in [5, 5.41) is 1.23. The first-order chi connectivity index (χ1) is 5.04. The number of rotatable bonds is 0. The summed E-state index contributed by atoms with van der Waals surface area (Å²) in [5.74, 6) is 0. The molecular formula is C6HCl5Na2O. The van der Waals surface area contributed by atoms with Gasteiger partial charge in [0.1, 0.15) is 0 Å². The van der Waals surface area contributed by atoms with E-state index < -0.39 is 0 Å². The maximum atomic E-state index is 5.66. The molecule has 14 heavy (non-hydrogen) atoms. The van der Waals surface area contributed by atoms with Gasteiger partial charge in [0.05, 0.1) is 25.1 Å². The van der Waals surface area contributed by atoms with Crippen molar-refractivity contribution in [2.45, 2.75) is 0 Å². The normalized spacial score (nSPS) is 8.07. The van der Waals surface area contributed by atoms with E-state index in [1.54, 1.807) is 0 Å². The zero-order valence-corrected chi connectivity index (χ0v) is 15.2. The molecule has 0 heterocycles. The summed E-state index contributed by atoms with van der Waals surface area (Å²) in [6.45, 7) is 0. The van der Waals surface area contributed by atoms with E-state index in [0.29, 0.717) is 10.0 Å². The third-order valence-electron chi connectivity index (χ3n) is 1.06. The molecule has 0 aliphatic heterocycles. The number of halogens is 5. The van der Waals surface area contributed by atoms with Crippen molar-refractivity contribution in [3.05, 3.63) is 31.2 Å². The second-order valence-electron chi connectivity index (χ2n) is 1.78. The van der Waals surface area contributed by atoms with Crippen LogP contribution in [0.4, 0.5) is 0 Å². The van der Waals surface area contributed by atoms with Crippen LogP contribution in [-0.2, 0) is 5.48 Å². The first-order valence-corrected chi connectivity index (χ1v) is 4.41. The smallest absolute Gasteiger partial charge is 1.00 e. The van der Waals surface area contributed by atoms with Crippen LogP contribution >= 0.6 is 58.0 Å². The SMILES string of the molecule is Clc1cc(Cl)c(Cl)c(Cl)c1Cl.[Na+].[Na+].[O-2]. The van der Waals surface area contributed by atoms with Crippen LogP contribution in [0.3, 0.4) is 0 Å². The van der Waals surface area contributed by atoms with Crippen molar-refractivity contribution < 1.29 is 64.6 Å². The molecule has 0 atom stereocenters. The third kappa shape index (κ3) is 5.31. The van der Waals surface area contributed by atoms with E-state index in [-0.39, 0.29) is 79.7 Å². The monoisotopic (exact) mass is 310 g/mol. The van der Waals surface area contributed by atoms with E-state index in [4.69, 9.17) is 58.0 Å². The Labute approximate surface area is 151 Å². The van der Waals surface area contributed by atoms with E-state index in [2.05, 4.69) is 0 Å². The van der Waals surface area contributed by atoms with Crippen LogP contribution in [0.1, 0.15) is 0 Å². The molecule has 0 aliphatic rings. The van der Waals surface area contributed by atoms with Gasteiger partial charge in [-0.15, -0.1) is 0 Å². The summed E-state index contributed by atoms with van der Waals surface area (Å²) in [7, 11) is 0. The molecule has 0 saturated heterocycles. The first-order valence-electron chi connectivity index (χ1n) is 2.52. The summed E-state index contributed by atoms with van der Waals surface area (Å²) in [6, 6.07) is 1.44. The molecule has 0 fully saturated rings. The van der Waals surface area contributed by atoms with Crippen LogP contribution in [-0.4, -0.2) is 0 Å². The summed E-state index contributed by atoms with van der Waals surface area (Å²) in [5.41, 5.74) is 0. The van der Waals surface area contributed by atoms with Gasteiger partial charge in [-0.05, 0) is 6.07 Å². The van der Waals surface area contributed by atoms with Crippen LogP contribution in [0.15, 0.2) is 6.07 Å². The third-order valence-corrected chi connectivity index (χ3v) is 3.20. The van der Waals surface area contributed by atoms with Crippen molar-refractivity contribution in [1.82, 2.24) is 0 Å². The summed E-state index contributed by atoms with van der Waals surface area (Å²) in [6.07, 6.45) is 0. The standard InChI is InChI=1S/C6HCl5.2Na.O/c7-2-1-3(8)5(10)6(11)4(2)9;;;/h1H;;;/q;2*+1;-2. The number of hydrogen-bond acceptors (Lipinski definition) is 0. The minimum atomic E-state index is 0. The maximum absolute atomic E-state index is 5.66. The largest absolute Gasteiger partial charge is 2.00 e. The zero-order valence-electron chi connectivity index (χ0n) is 7.38. The molecule has 68 valence electrons. The Bertz CT molecular complexity index is 281. The van der Waals surface area contributed by atoms with E-state index in [9.17, 15) is 0 Å². The Hall–Kier alpha value is 2.63. The Morgan fingerprint density at radius 2 is 0.929 bits per heavy atom. The molecule has 1 aromatic carbocycles. The van der Waals surface area contributed by atoms with Crippen LogP contribution in [0.25, 0.3) is 0 Å². The molecule has 0 amide bonds. The van der Waals surface area contributed by atoms with Gasteiger partial charge in [-0.2, -0.15) is 0 Å². The van der Waals surface area contributed by atoms with E-state index in [1.165, 1.54) is 6.07 Å². The Balaban J connectivity index is -0.000000403. The number of hydrogen-bond donors (Lipinski definition) is 0. The predicted molar refractivity (Wildman–Crippen MR) is 52.2 cm³/mol. The molecule has 0 radical (unpaired) electrons. The van der Waals surface area contributed by atoms with E-state index in [1.807, 2.05) is 0 Å². The molecule has 0 N–H and O–H groups in total. The molecule has 0 spiro atoms. The van der Waals surface area contributed by atoms with Crippen LogP contribution in [0.2, 0.25) is 25.1 Å². The molecule has 1 aromatic rings. The number of benzene rings is 1. The van der Waals surface area contributed by atoms with Crippen LogP contribution in [0, 0.1) is 0 Å². The fraction of sp³-hybridized carbons (Fsp3) is 0. The summed E-state index contributed by atoms with van der Waals surface area (Å²) >= 11 is 28.2. The van der Waals surface area contributed by atoms with Crippen LogP contribution < -0.4 is 59.1 Å². The van der Waals surface area contributed by atoms with Gasteiger partial charge in [0, 0.05) is 0 Å². The van der Waals surface area contributed by atoms with Gasteiger partial charge in [0.25, 0.3) is 0 Å². The van der Waals surface area contributed by atoms with Gasteiger partial charge in [-0.1, -0.05) is 58.0 Å². The fourth-order valence-corrected chi connectivity index (χ4v) is 1.65. The summed E-state index contributed by atoms with van der Waals surface area (Å²) < 4.78 is 0. The molecule has 0 aliphatic carbocycles. The van der Waals surface area contributed by atoms with Crippen molar-refractivity contribution in [1.29, 1.82) is 0 Å². The van der Waals surface area contributed by atoms with Crippen LogP contribution in [0.5, 0.6) is 0 Å². The van der Waals surface area contributed by atoms with E-state index >= 15 is 0 Å². The minimum absolute atomic E-state index is 0. The zero-order chi connectivity index (χ0) is 8.59. The van der Waals surface area contributed by atoms with Gasteiger partial charge in [-0.3, -0.25) is 0 Å². The minimum Gasteiger partial charge on any atom is -2.00 e.